The van der Waals surface area contributed by atoms with Crippen LogP contribution in [0, 0.1) is 28.6 Å². The summed E-state index contributed by atoms with van der Waals surface area (Å²) in [6.07, 6.45) is 17.4. The standard InChI is InChI=1S/C24H36N2O/c1-4-24(21-14-25-15-26-21)12-9-20-18-6-5-16-13-17(27)7-10-22(16,2)19(18)8-11-23(20,24)3/h5,14-15,17-20,27H,4,6-13H2,1-3H3,(H,25,26)/t17-,18+,19-,20-,22-,23-,24+/m0/s1. The molecular formula is C24H36N2O. The van der Waals surface area contributed by atoms with Gasteiger partial charge in [0.15, 0.2) is 0 Å². The van der Waals surface area contributed by atoms with Gasteiger partial charge in [-0.25, -0.2) is 4.98 Å². The lowest BCUT2D eigenvalue weighted by Crippen LogP contribution is -2.53. The number of H-pyrrole nitrogens is 1. The maximum atomic E-state index is 10.2. The van der Waals surface area contributed by atoms with Crippen molar-refractivity contribution in [1.82, 2.24) is 9.97 Å². The number of hydrogen-bond acceptors (Lipinski definition) is 2. The lowest BCUT2D eigenvalue weighted by molar-refractivity contribution is -0.0588. The van der Waals surface area contributed by atoms with Crippen molar-refractivity contribution >= 4 is 0 Å². The van der Waals surface area contributed by atoms with Crippen molar-refractivity contribution in [3.63, 3.8) is 0 Å². The number of fused-ring (bicyclic) bond motifs is 5. The minimum absolute atomic E-state index is 0.102. The molecule has 1 heterocycles. The van der Waals surface area contributed by atoms with E-state index in [9.17, 15) is 5.11 Å². The Morgan fingerprint density at radius 1 is 1.15 bits per heavy atom. The minimum Gasteiger partial charge on any atom is -0.393 e. The molecule has 3 heteroatoms. The zero-order valence-corrected chi connectivity index (χ0v) is 17.3. The first-order valence-electron chi connectivity index (χ1n) is 11.3. The highest BCUT2D eigenvalue weighted by atomic mass is 16.3. The molecule has 0 aliphatic heterocycles. The van der Waals surface area contributed by atoms with Crippen molar-refractivity contribution in [2.75, 3.05) is 0 Å². The number of nitrogens with one attached hydrogen (secondary N) is 1. The quantitative estimate of drug-likeness (QED) is 0.688. The van der Waals surface area contributed by atoms with Crippen molar-refractivity contribution in [2.24, 2.45) is 28.6 Å². The van der Waals surface area contributed by atoms with E-state index in [1.807, 2.05) is 6.33 Å². The molecule has 0 spiro atoms. The third-order valence-corrected chi connectivity index (χ3v) is 10.1. The number of allylic oxidation sites excluding steroid dienone is 1. The summed E-state index contributed by atoms with van der Waals surface area (Å²) in [7, 11) is 0. The van der Waals surface area contributed by atoms with Crippen LogP contribution in [0.1, 0.15) is 84.3 Å². The van der Waals surface area contributed by atoms with Gasteiger partial charge in [0.1, 0.15) is 0 Å². The number of aromatic amines is 1. The monoisotopic (exact) mass is 368 g/mol. The SMILES string of the molecule is CC[C@]1(c2cnc[nH]2)CC[C@H]2[C@@H]3CC=C4C[C@@H](O)CC[C@]4(C)[C@H]3CC[C@@]21C. The number of imidazole rings is 1. The van der Waals surface area contributed by atoms with Crippen LogP contribution >= 0.6 is 0 Å². The molecule has 5 rings (SSSR count). The maximum Gasteiger partial charge on any atom is 0.0921 e. The van der Waals surface area contributed by atoms with Gasteiger partial charge in [0.25, 0.3) is 0 Å². The van der Waals surface area contributed by atoms with E-state index in [-0.39, 0.29) is 11.5 Å². The van der Waals surface area contributed by atoms with Crippen molar-refractivity contribution < 1.29 is 5.11 Å². The van der Waals surface area contributed by atoms with Crippen LogP contribution in [0.3, 0.4) is 0 Å². The minimum atomic E-state index is -0.102. The highest BCUT2D eigenvalue weighted by molar-refractivity contribution is 5.29. The number of aliphatic hydroxyl groups excluding tert-OH is 1. The third-order valence-electron chi connectivity index (χ3n) is 10.1. The lowest BCUT2D eigenvalue weighted by Gasteiger charge is -2.59. The van der Waals surface area contributed by atoms with Crippen LogP contribution in [0.5, 0.6) is 0 Å². The summed E-state index contributed by atoms with van der Waals surface area (Å²) in [5.41, 5.74) is 3.96. The molecule has 3 fully saturated rings. The van der Waals surface area contributed by atoms with E-state index in [2.05, 4.69) is 43.0 Å². The smallest absolute Gasteiger partial charge is 0.0921 e. The Morgan fingerprint density at radius 2 is 1.96 bits per heavy atom. The Morgan fingerprint density at radius 3 is 2.70 bits per heavy atom. The van der Waals surface area contributed by atoms with Crippen molar-refractivity contribution in [1.29, 1.82) is 0 Å². The molecule has 3 nitrogen and oxygen atoms in total. The molecule has 27 heavy (non-hydrogen) atoms. The molecule has 0 bridgehead atoms. The second-order valence-electron chi connectivity index (χ2n) is 10.6. The maximum absolute atomic E-state index is 10.2. The van der Waals surface area contributed by atoms with Crippen LogP contribution in [-0.2, 0) is 5.41 Å². The zero-order chi connectivity index (χ0) is 18.9. The molecule has 0 saturated heterocycles. The van der Waals surface area contributed by atoms with Gasteiger partial charge in [-0.05, 0) is 86.4 Å². The highest BCUT2D eigenvalue weighted by Crippen LogP contribution is 2.70. The first-order valence-corrected chi connectivity index (χ1v) is 11.3. The van der Waals surface area contributed by atoms with E-state index in [0.717, 1.165) is 30.6 Å². The van der Waals surface area contributed by atoms with E-state index in [1.165, 1.54) is 50.6 Å². The first kappa shape index (κ1) is 18.0. The molecule has 1 aromatic rings. The van der Waals surface area contributed by atoms with Gasteiger partial charge in [0, 0.05) is 17.3 Å². The average molecular weight is 369 g/mol. The fraction of sp³-hybridized carbons (Fsp3) is 0.792. The predicted molar refractivity (Wildman–Crippen MR) is 108 cm³/mol. The number of aromatic nitrogens is 2. The van der Waals surface area contributed by atoms with Crippen LogP contribution in [0.15, 0.2) is 24.2 Å². The lowest BCUT2D eigenvalue weighted by atomic mass is 9.45. The Balaban J connectivity index is 1.52. The van der Waals surface area contributed by atoms with Gasteiger partial charge in [-0.2, -0.15) is 0 Å². The second kappa shape index (κ2) is 5.95. The molecular weight excluding hydrogens is 332 g/mol. The molecule has 7 atom stereocenters. The van der Waals surface area contributed by atoms with Gasteiger partial charge in [-0.3, -0.25) is 0 Å². The van der Waals surface area contributed by atoms with Gasteiger partial charge >= 0.3 is 0 Å². The zero-order valence-electron chi connectivity index (χ0n) is 17.3. The van der Waals surface area contributed by atoms with Crippen molar-refractivity contribution in [2.45, 2.75) is 90.1 Å². The normalized spacial score (nSPS) is 49.1. The van der Waals surface area contributed by atoms with Crippen LogP contribution in [0.2, 0.25) is 0 Å². The molecule has 0 radical (unpaired) electrons. The van der Waals surface area contributed by atoms with Crippen molar-refractivity contribution in [3.8, 4) is 0 Å². The van der Waals surface area contributed by atoms with Crippen molar-refractivity contribution in [3.05, 3.63) is 29.9 Å². The van der Waals surface area contributed by atoms with E-state index < -0.39 is 0 Å². The fourth-order valence-corrected chi connectivity index (χ4v) is 8.51. The highest BCUT2D eigenvalue weighted by Gasteiger charge is 2.64. The van der Waals surface area contributed by atoms with E-state index in [4.69, 9.17) is 0 Å². The molecule has 148 valence electrons. The fourth-order valence-electron chi connectivity index (χ4n) is 8.51. The number of rotatable bonds is 2. The van der Waals surface area contributed by atoms with Gasteiger partial charge in [-0.1, -0.05) is 32.4 Å². The second-order valence-corrected chi connectivity index (χ2v) is 10.6. The van der Waals surface area contributed by atoms with Crippen LogP contribution in [0.4, 0.5) is 0 Å². The van der Waals surface area contributed by atoms with E-state index >= 15 is 0 Å². The summed E-state index contributed by atoms with van der Waals surface area (Å²) in [5.74, 6) is 2.46. The van der Waals surface area contributed by atoms with Gasteiger partial charge in [0.05, 0.1) is 12.4 Å². The first-order chi connectivity index (χ1) is 12.9. The molecule has 0 amide bonds. The Kier molecular flexibility index (Phi) is 3.96. The summed E-state index contributed by atoms with van der Waals surface area (Å²) in [6.45, 7) is 7.53. The summed E-state index contributed by atoms with van der Waals surface area (Å²) >= 11 is 0. The third kappa shape index (κ3) is 2.21. The van der Waals surface area contributed by atoms with Crippen LogP contribution in [-0.4, -0.2) is 21.2 Å². The largest absolute Gasteiger partial charge is 0.393 e. The summed E-state index contributed by atoms with van der Waals surface area (Å²) in [4.78, 5) is 7.90. The Hall–Kier alpha value is -1.09. The molecule has 2 N–H and O–H groups in total. The Labute approximate surface area is 164 Å². The molecule has 4 aliphatic carbocycles. The molecule has 1 aromatic heterocycles. The number of aliphatic hydroxyl groups is 1. The molecule has 4 aliphatic rings. The van der Waals surface area contributed by atoms with Crippen LogP contribution < -0.4 is 0 Å². The predicted octanol–water partition coefficient (Wildman–Crippen LogP) is 5.38. The summed E-state index contributed by atoms with van der Waals surface area (Å²) in [5, 5.41) is 10.2. The number of hydrogen-bond donors (Lipinski definition) is 2. The topological polar surface area (TPSA) is 48.9 Å². The van der Waals surface area contributed by atoms with Crippen LogP contribution in [0.25, 0.3) is 0 Å². The molecule has 0 aromatic carbocycles. The number of nitrogens with zero attached hydrogens (tertiary/aromatic N) is 1. The van der Waals surface area contributed by atoms with Gasteiger partial charge in [0.2, 0.25) is 0 Å². The van der Waals surface area contributed by atoms with Gasteiger partial charge < -0.3 is 10.1 Å². The summed E-state index contributed by atoms with van der Waals surface area (Å²) in [6, 6.07) is 0. The van der Waals surface area contributed by atoms with E-state index in [0.29, 0.717) is 10.8 Å². The van der Waals surface area contributed by atoms with Gasteiger partial charge in [-0.15, -0.1) is 0 Å². The molecule has 0 unspecified atom stereocenters. The van der Waals surface area contributed by atoms with E-state index in [1.54, 1.807) is 5.57 Å². The molecule has 3 saturated carbocycles. The Bertz CT molecular complexity index is 740. The average Bonchev–Trinajstić information content (AvgIpc) is 3.28. The summed E-state index contributed by atoms with van der Waals surface area (Å²) < 4.78 is 0.